The molecule has 0 aromatic heterocycles. The SMILES string of the molecule is CN(C)c1ccc(-c2cccc(-c3cccc(-c4ccc(N(C)C)cc4)c3)c2)cc1. The molecule has 0 bridgehead atoms. The van der Waals surface area contributed by atoms with Crippen molar-refractivity contribution in [3.8, 4) is 33.4 Å². The van der Waals surface area contributed by atoms with Crippen molar-refractivity contribution in [2.75, 3.05) is 38.0 Å². The summed E-state index contributed by atoms with van der Waals surface area (Å²) >= 11 is 0. The van der Waals surface area contributed by atoms with E-state index in [2.05, 4.69) is 135 Å². The number of hydrogen-bond acceptors (Lipinski definition) is 2. The van der Waals surface area contributed by atoms with Crippen LogP contribution in [-0.4, -0.2) is 28.2 Å². The van der Waals surface area contributed by atoms with Crippen LogP contribution >= 0.6 is 0 Å². The number of hydrogen-bond donors (Lipinski definition) is 0. The molecule has 4 aromatic carbocycles. The number of anilines is 2. The molecule has 2 heteroatoms. The first kappa shape index (κ1) is 19.8. The largest absolute Gasteiger partial charge is 0.378 e. The van der Waals surface area contributed by atoms with Gasteiger partial charge in [0.2, 0.25) is 0 Å². The molecule has 0 unspecified atom stereocenters. The summed E-state index contributed by atoms with van der Waals surface area (Å²) in [5, 5.41) is 0. The summed E-state index contributed by atoms with van der Waals surface area (Å²) in [4.78, 5) is 4.24. The Hall–Kier alpha value is -3.52. The molecule has 0 fully saturated rings. The van der Waals surface area contributed by atoms with E-state index in [4.69, 9.17) is 0 Å². The molecule has 150 valence electrons. The van der Waals surface area contributed by atoms with Crippen LogP contribution in [0.25, 0.3) is 33.4 Å². The second kappa shape index (κ2) is 8.46. The van der Waals surface area contributed by atoms with Gasteiger partial charge in [-0.05, 0) is 69.8 Å². The highest BCUT2D eigenvalue weighted by Gasteiger charge is 2.05. The second-order valence-corrected chi connectivity index (χ2v) is 8.04. The molecule has 0 aliphatic heterocycles. The van der Waals surface area contributed by atoms with Crippen molar-refractivity contribution >= 4 is 11.4 Å². The van der Waals surface area contributed by atoms with E-state index in [-0.39, 0.29) is 0 Å². The summed E-state index contributed by atoms with van der Waals surface area (Å²) in [5.74, 6) is 0. The van der Waals surface area contributed by atoms with E-state index in [1.165, 1.54) is 44.8 Å². The third-order valence-corrected chi connectivity index (χ3v) is 5.49. The molecule has 0 radical (unpaired) electrons. The van der Waals surface area contributed by atoms with Gasteiger partial charge < -0.3 is 9.80 Å². The quantitative estimate of drug-likeness (QED) is 0.368. The van der Waals surface area contributed by atoms with Crippen LogP contribution in [-0.2, 0) is 0 Å². The van der Waals surface area contributed by atoms with Crippen molar-refractivity contribution < 1.29 is 0 Å². The van der Waals surface area contributed by atoms with Crippen LogP contribution in [0.3, 0.4) is 0 Å². The summed E-state index contributed by atoms with van der Waals surface area (Å²) in [6.07, 6.45) is 0. The lowest BCUT2D eigenvalue weighted by atomic mass is 9.96. The van der Waals surface area contributed by atoms with E-state index in [1.54, 1.807) is 0 Å². The molecule has 0 aliphatic carbocycles. The van der Waals surface area contributed by atoms with Crippen LogP contribution in [0.4, 0.5) is 11.4 Å². The fourth-order valence-electron chi connectivity index (χ4n) is 3.66. The van der Waals surface area contributed by atoms with Gasteiger partial charge in [-0.1, -0.05) is 60.7 Å². The Balaban J connectivity index is 1.65. The molecular weight excluding hydrogens is 364 g/mol. The third kappa shape index (κ3) is 4.23. The molecule has 4 rings (SSSR count). The van der Waals surface area contributed by atoms with Gasteiger partial charge in [-0.3, -0.25) is 0 Å². The smallest absolute Gasteiger partial charge is 0.0361 e. The zero-order valence-corrected chi connectivity index (χ0v) is 18.1. The second-order valence-electron chi connectivity index (χ2n) is 8.04. The van der Waals surface area contributed by atoms with Gasteiger partial charge in [0.15, 0.2) is 0 Å². The zero-order valence-electron chi connectivity index (χ0n) is 18.1. The summed E-state index contributed by atoms with van der Waals surface area (Å²) in [7, 11) is 8.26. The average molecular weight is 393 g/mol. The maximum Gasteiger partial charge on any atom is 0.0361 e. The molecule has 0 aliphatic rings. The van der Waals surface area contributed by atoms with Crippen molar-refractivity contribution in [1.82, 2.24) is 0 Å². The topological polar surface area (TPSA) is 6.48 Å². The molecule has 2 nitrogen and oxygen atoms in total. The maximum absolute atomic E-state index is 2.28. The fraction of sp³-hybridized carbons (Fsp3) is 0.143. The first-order valence-corrected chi connectivity index (χ1v) is 10.3. The summed E-state index contributed by atoms with van der Waals surface area (Å²) < 4.78 is 0. The van der Waals surface area contributed by atoms with Crippen molar-refractivity contribution in [2.45, 2.75) is 0 Å². The van der Waals surface area contributed by atoms with Crippen molar-refractivity contribution in [2.24, 2.45) is 0 Å². The lowest BCUT2D eigenvalue weighted by Gasteiger charge is -2.14. The molecular formula is C28H28N2. The Morgan fingerprint density at radius 2 is 0.667 bits per heavy atom. The Morgan fingerprint density at radius 1 is 0.367 bits per heavy atom. The predicted octanol–water partition coefficient (Wildman–Crippen LogP) is 6.82. The van der Waals surface area contributed by atoms with E-state index in [9.17, 15) is 0 Å². The summed E-state index contributed by atoms with van der Waals surface area (Å²) in [5.41, 5.74) is 9.82. The molecule has 0 N–H and O–H groups in total. The first-order valence-electron chi connectivity index (χ1n) is 10.3. The first-order chi connectivity index (χ1) is 14.5. The van der Waals surface area contributed by atoms with Crippen LogP contribution in [0.2, 0.25) is 0 Å². The van der Waals surface area contributed by atoms with Crippen LogP contribution in [0.5, 0.6) is 0 Å². The minimum absolute atomic E-state index is 1.21. The van der Waals surface area contributed by atoms with E-state index in [0.29, 0.717) is 0 Å². The van der Waals surface area contributed by atoms with E-state index in [0.717, 1.165) is 0 Å². The normalized spacial score (nSPS) is 10.7. The highest BCUT2D eigenvalue weighted by Crippen LogP contribution is 2.31. The third-order valence-electron chi connectivity index (χ3n) is 5.49. The van der Waals surface area contributed by atoms with E-state index >= 15 is 0 Å². The maximum atomic E-state index is 2.28. The number of nitrogens with zero attached hydrogens (tertiary/aromatic N) is 2. The Labute approximate surface area is 180 Å². The number of benzene rings is 4. The molecule has 0 saturated carbocycles. The Kier molecular flexibility index (Phi) is 5.58. The minimum Gasteiger partial charge on any atom is -0.378 e. The molecule has 0 atom stereocenters. The number of rotatable bonds is 5. The highest BCUT2D eigenvalue weighted by molar-refractivity contribution is 5.77. The summed E-state index contributed by atoms with van der Waals surface area (Å²) in [6.45, 7) is 0. The lowest BCUT2D eigenvalue weighted by molar-refractivity contribution is 1.13. The van der Waals surface area contributed by atoms with Gasteiger partial charge in [0.05, 0.1) is 0 Å². The zero-order chi connectivity index (χ0) is 21.1. The van der Waals surface area contributed by atoms with Crippen LogP contribution in [0.1, 0.15) is 0 Å². The monoisotopic (exact) mass is 392 g/mol. The van der Waals surface area contributed by atoms with Gasteiger partial charge in [-0.25, -0.2) is 0 Å². The molecule has 0 heterocycles. The molecule has 0 amide bonds. The van der Waals surface area contributed by atoms with Gasteiger partial charge in [0, 0.05) is 39.6 Å². The van der Waals surface area contributed by atoms with Crippen molar-refractivity contribution in [3.63, 3.8) is 0 Å². The van der Waals surface area contributed by atoms with Crippen LogP contribution in [0, 0.1) is 0 Å². The van der Waals surface area contributed by atoms with Crippen LogP contribution in [0.15, 0.2) is 97.1 Å². The van der Waals surface area contributed by atoms with Crippen molar-refractivity contribution in [1.29, 1.82) is 0 Å². The van der Waals surface area contributed by atoms with Crippen molar-refractivity contribution in [3.05, 3.63) is 97.1 Å². The molecule has 0 spiro atoms. The minimum atomic E-state index is 1.21. The highest BCUT2D eigenvalue weighted by atomic mass is 15.1. The van der Waals surface area contributed by atoms with Crippen LogP contribution < -0.4 is 9.80 Å². The van der Waals surface area contributed by atoms with Gasteiger partial charge in [-0.15, -0.1) is 0 Å². The fourth-order valence-corrected chi connectivity index (χ4v) is 3.66. The predicted molar refractivity (Wildman–Crippen MR) is 131 cm³/mol. The van der Waals surface area contributed by atoms with Gasteiger partial charge in [0.25, 0.3) is 0 Å². The van der Waals surface area contributed by atoms with Gasteiger partial charge >= 0.3 is 0 Å². The molecule has 30 heavy (non-hydrogen) atoms. The van der Waals surface area contributed by atoms with E-state index in [1.807, 2.05) is 0 Å². The molecule has 4 aromatic rings. The Bertz CT molecular complexity index is 1030. The van der Waals surface area contributed by atoms with E-state index < -0.39 is 0 Å². The van der Waals surface area contributed by atoms with Gasteiger partial charge in [-0.2, -0.15) is 0 Å². The molecule has 0 saturated heterocycles. The lowest BCUT2D eigenvalue weighted by Crippen LogP contribution is -2.07. The summed E-state index contributed by atoms with van der Waals surface area (Å²) in [6, 6.07) is 35.0. The standard InChI is InChI=1S/C28H28N2/c1-29(2)27-15-11-21(12-16-27)23-7-5-9-25(19-23)26-10-6-8-24(20-26)22-13-17-28(18-14-22)30(3)4/h5-20H,1-4H3. The van der Waals surface area contributed by atoms with Gasteiger partial charge in [0.1, 0.15) is 0 Å². The average Bonchev–Trinajstić information content (AvgIpc) is 2.79. The Morgan fingerprint density at radius 3 is 0.967 bits per heavy atom.